The summed E-state index contributed by atoms with van der Waals surface area (Å²) in [7, 11) is 0. The van der Waals surface area contributed by atoms with Crippen molar-refractivity contribution in [3.8, 4) is 6.07 Å². The van der Waals surface area contributed by atoms with Crippen LogP contribution < -0.4 is 0 Å². The fraction of sp³-hybridized carbons (Fsp3) is 0.500. The van der Waals surface area contributed by atoms with Crippen molar-refractivity contribution in [2.45, 2.75) is 20.0 Å². The largest absolute Gasteiger partial charge is 0.374 e. The maximum Gasteiger partial charge on any atom is 0.161 e. The van der Waals surface area contributed by atoms with Gasteiger partial charge in [-0.3, -0.25) is 0 Å². The molecule has 2 heteroatoms. The molecule has 0 fully saturated rings. The van der Waals surface area contributed by atoms with E-state index in [1.165, 1.54) is 0 Å². The van der Waals surface area contributed by atoms with Crippen LogP contribution in [0, 0.1) is 11.3 Å². The van der Waals surface area contributed by atoms with Crippen LogP contribution in [0.4, 0.5) is 0 Å². The molecule has 1 atom stereocenters. The number of hydrogen-bond donors (Lipinski definition) is 1. The molecule has 1 N–H and O–H groups in total. The maximum atomic E-state index is 8.70. The van der Waals surface area contributed by atoms with E-state index in [0.717, 1.165) is 0 Å². The molecule has 0 aliphatic carbocycles. The predicted molar refractivity (Wildman–Crippen MR) is 31.1 cm³/mol. The number of rotatable bonds is 1. The smallest absolute Gasteiger partial charge is 0.161 e. The number of aliphatic hydroxyl groups is 1. The van der Waals surface area contributed by atoms with Crippen molar-refractivity contribution in [3.63, 3.8) is 0 Å². The zero-order valence-electron chi connectivity index (χ0n) is 5.05. The third kappa shape index (κ3) is 1.76. The Morgan fingerprint density at radius 2 is 2.38 bits per heavy atom. The van der Waals surface area contributed by atoms with Crippen LogP contribution in [0.1, 0.15) is 13.8 Å². The molecule has 0 aliphatic rings. The number of aliphatic hydroxyl groups excluding tert-OH is 1. The first-order valence-corrected chi connectivity index (χ1v) is 2.43. The average Bonchev–Trinajstić information content (AvgIpc) is 1.84. The van der Waals surface area contributed by atoms with Gasteiger partial charge in [0.2, 0.25) is 0 Å². The second-order valence-corrected chi connectivity index (χ2v) is 1.56. The predicted octanol–water partition coefficient (Wildman–Crippen LogP) is 0.837. The second-order valence-electron chi connectivity index (χ2n) is 1.56. The second kappa shape index (κ2) is 3.23. The highest BCUT2D eigenvalue weighted by Gasteiger charge is 1.99. The molecule has 0 aromatic carbocycles. The van der Waals surface area contributed by atoms with Gasteiger partial charge in [-0.05, 0) is 19.4 Å². The minimum atomic E-state index is -0.917. The first kappa shape index (κ1) is 7.19. The van der Waals surface area contributed by atoms with Crippen LogP contribution in [0.25, 0.3) is 0 Å². The molecule has 0 bridgehead atoms. The summed E-state index contributed by atoms with van der Waals surface area (Å²) in [6.45, 7) is 3.50. The minimum Gasteiger partial charge on any atom is -0.374 e. The lowest BCUT2D eigenvalue weighted by molar-refractivity contribution is 0.266. The summed E-state index contributed by atoms with van der Waals surface area (Å²) in [5, 5.41) is 16.8. The molecular formula is C6H9NO. The molecule has 0 aliphatic heterocycles. The minimum absolute atomic E-state index is 0.701. The molecule has 0 aromatic heterocycles. The van der Waals surface area contributed by atoms with Crippen molar-refractivity contribution in [1.82, 2.24) is 0 Å². The molecule has 1 unspecified atom stereocenters. The van der Waals surface area contributed by atoms with Crippen molar-refractivity contribution < 1.29 is 5.11 Å². The third-order valence-corrected chi connectivity index (χ3v) is 1.01. The lowest BCUT2D eigenvalue weighted by Crippen LogP contribution is -2.02. The Bertz CT molecular complexity index is 132. The van der Waals surface area contributed by atoms with Crippen LogP contribution >= 0.6 is 0 Å². The lowest BCUT2D eigenvalue weighted by Gasteiger charge is -1.96. The highest BCUT2D eigenvalue weighted by molar-refractivity contribution is 5.11. The van der Waals surface area contributed by atoms with Gasteiger partial charge in [0.25, 0.3) is 0 Å². The first-order chi connectivity index (χ1) is 3.72. The molecule has 2 nitrogen and oxygen atoms in total. The summed E-state index contributed by atoms with van der Waals surface area (Å²) in [6.07, 6.45) is 0.799. The normalized spacial score (nSPS) is 15.0. The Balaban J connectivity index is 3.87. The van der Waals surface area contributed by atoms with Crippen LogP contribution in [0.3, 0.4) is 0 Å². The molecule has 0 saturated heterocycles. The van der Waals surface area contributed by atoms with E-state index in [1.807, 2.05) is 0 Å². The summed E-state index contributed by atoms with van der Waals surface area (Å²) >= 11 is 0. The summed E-state index contributed by atoms with van der Waals surface area (Å²) in [4.78, 5) is 0. The Hall–Kier alpha value is -0.810. The van der Waals surface area contributed by atoms with Gasteiger partial charge >= 0.3 is 0 Å². The van der Waals surface area contributed by atoms with E-state index in [4.69, 9.17) is 10.4 Å². The van der Waals surface area contributed by atoms with Crippen molar-refractivity contribution in [3.05, 3.63) is 11.6 Å². The summed E-state index contributed by atoms with van der Waals surface area (Å²) in [6, 6.07) is 1.70. The van der Waals surface area contributed by atoms with Gasteiger partial charge in [-0.25, -0.2) is 0 Å². The number of allylic oxidation sites excluding steroid dienone is 1. The summed E-state index contributed by atoms with van der Waals surface area (Å²) in [5.74, 6) is 0. The van der Waals surface area contributed by atoms with Gasteiger partial charge in [0, 0.05) is 0 Å². The quantitative estimate of drug-likeness (QED) is 0.402. The molecule has 8 heavy (non-hydrogen) atoms. The molecule has 0 saturated carbocycles. The standard InChI is InChI=1S/C6H9NO/c1-3-5(2)6(8)4-7/h3,6,8H,1-2H3/b5-3-. The Morgan fingerprint density at radius 3 is 2.50 bits per heavy atom. The highest BCUT2D eigenvalue weighted by atomic mass is 16.3. The van der Waals surface area contributed by atoms with Crippen LogP contribution in [0.5, 0.6) is 0 Å². The molecule has 0 rings (SSSR count). The Morgan fingerprint density at radius 1 is 1.88 bits per heavy atom. The number of hydrogen-bond acceptors (Lipinski definition) is 2. The van der Waals surface area contributed by atoms with Gasteiger partial charge in [0.05, 0.1) is 6.07 Å². The Kier molecular flexibility index (Phi) is 2.90. The topological polar surface area (TPSA) is 44.0 Å². The van der Waals surface area contributed by atoms with Gasteiger partial charge in [0.15, 0.2) is 6.10 Å². The van der Waals surface area contributed by atoms with E-state index in [2.05, 4.69) is 0 Å². The van der Waals surface area contributed by atoms with E-state index in [0.29, 0.717) is 5.57 Å². The zero-order chi connectivity index (χ0) is 6.57. The summed E-state index contributed by atoms with van der Waals surface area (Å²) in [5.41, 5.74) is 0.701. The lowest BCUT2D eigenvalue weighted by atomic mass is 10.2. The van der Waals surface area contributed by atoms with Crippen LogP contribution in [-0.2, 0) is 0 Å². The van der Waals surface area contributed by atoms with Gasteiger partial charge in [-0.15, -0.1) is 0 Å². The van der Waals surface area contributed by atoms with E-state index in [9.17, 15) is 0 Å². The molecule has 0 radical (unpaired) electrons. The zero-order valence-corrected chi connectivity index (χ0v) is 5.05. The monoisotopic (exact) mass is 111 g/mol. The molecule has 0 aromatic rings. The molecule has 0 heterocycles. The van der Waals surface area contributed by atoms with Gasteiger partial charge < -0.3 is 5.11 Å². The van der Waals surface area contributed by atoms with Crippen molar-refractivity contribution in [2.75, 3.05) is 0 Å². The molecule has 0 spiro atoms. The van der Waals surface area contributed by atoms with Crippen molar-refractivity contribution in [2.24, 2.45) is 0 Å². The summed E-state index contributed by atoms with van der Waals surface area (Å²) < 4.78 is 0. The number of nitrogens with zero attached hydrogens (tertiary/aromatic N) is 1. The SMILES string of the molecule is C/C=C(/C)C(O)C#N. The van der Waals surface area contributed by atoms with Crippen LogP contribution in [0.2, 0.25) is 0 Å². The van der Waals surface area contributed by atoms with E-state index in [-0.39, 0.29) is 0 Å². The van der Waals surface area contributed by atoms with E-state index < -0.39 is 6.10 Å². The van der Waals surface area contributed by atoms with Gasteiger partial charge in [0.1, 0.15) is 0 Å². The average molecular weight is 111 g/mol. The van der Waals surface area contributed by atoms with Crippen molar-refractivity contribution in [1.29, 1.82) is 5.26 Å². The highest BCUT2D eigenvalue weighted by Crippen LogP contribution is 1.97. The molecule has 44 valence electrons. The van der Waals surface area contributed by atoms with Gasteiger partial charge in [-0.2, -0.15) is 5.26 Å². The van der Waals surface area contributed by atoms with Gasteiger partial charge in [-0.1, -0.05) is 6.08 Å². The maximum absolute atomic E-state index is 8.70. The Labute approximate surface area is 49.1 Å². The number of nitriles is 1. The fourth-order valence-electron chi connectivity index (χ4n) is 0.260. The van der Waals surface area contributed by atoms with Crippen LogP contribution in [-0.4, -0.2) is 11.2 Å². The molecular weight excluding hydrogens is 102 g/mol. The third-order valence-electron chi connectivity index (χ3n) is 1.01. The van der Waals surface area contributed by atoms with E-state index in [1.54, 1.807) is 26.0 Å². The first-order valence-electron chi connectivity index (χ1n) is 2.43. The van der Waals surface area contributed by atoms with E-state index >= 15 is 0 Å². The van der Waals surface area contributed by atoms with Crippen molar-refractivity contribution >= 4 is 0 Å². The van der Waals surface area contributed by atoms with Crippen LogP contribution in [0.15, 0.2) is 11.6 Å². The molecule has 0 amide bonds. The fourth-order valence-corrected chi connectivity index (χ4v) is 0.260.